The number of amides is 4. The van der Waals surface area contributed by atoms with Crippen molar-refractivity contribution in [1.29, 1.82) is 0 Å². The minimum Gasteiger partial charge on any atom is -0.444 e. The van der Waals surface area contributed by atoms with Gasteiger partial charge in [0, 0.05) is 13.0 Å². The van der Waals surface area contributed by atoms with E-state index >= 15 is 0 Å². The molecule has 1 heterocycles. The lowest BCUT2D eigenvalue weighted by molar-refractivity contribution is -0.145. The highest BCUT2D eigenvalue weighted by Gasteiger charge is 2.70. The van der Waals surface area contributed by atoms with Crippen molar-refractivity contribution >= 4 is 35.4 Å². The van der Waals surface area contributed by atoms with Gasteiger partial charge in [0.05, 0.1) is 12.6 Å². The Morgan fingerprint density at radius 2 is 1.66 bits per heavy atom. The Balaban J connectivity index is 1.73. The fourth-order valence-corrected chi connectivity index (χ4v) is 6.30. The van der Waals surface area contributed by atoms with E-state index in [0.29, 0.717) is 19.4 Å². The number of ether oxygens (including phenoxy) is 1. The number of fused-ring (bicyclic) bond motifs is 1. The SMILES string of the molecule is C=CCCC(NC(=O)C1C2C(CN1C(=O)C(NC(=O)OC(C)(C)C)C(C)(C)C)C2(C)C)C(=O)C(=O)NCC(=O)CCc1ccccc1. The molecule has 11 heteroatoms. The number of rotatable bonds is 14. The van der Waals surface area contributed by atoms with Gasteiger partial charge in [-0.1, -0.05) is 71.0 Å². The number of carbonyl (C=O) groups excluding carboxylic acids is 6. The predicted molar refractivity (Wildman–Crippen MR) is 178 cm³/mol. The van der Waals surface area contributed by atoms with E-state index in [1.807, 2.05) is 65.0 Å². The summed E-state index contributed by atoms with van der Waals surface area (Å²) in [5.41, 5.74) is -0.708. The maximum atomic E-state index is 14.1. The molecule has 1 aromatic carbocycles. The van der Waals surface area contributed by atoms with E-state index in [1.54, 1.807) is 26.8 Å². The van der Waals surface area contributed by atoms with Crippen molar-refractivity contribution in [3.8, 4) is 0 Å². The molecule has 1 aliphatic heterocycles. The van der Waals surface area contributed by atoms with E-state index in [-0.39, 0.29) is 42.4 Å². The van der Waals surface area contributed by atoms with Gasteiger partial charge in [-0.15, -0.1) is 6.58 Å². The number of nitrogens with one attached hydrogen (secondary N) is 3. The van der Waals surface area contributed by atoms with Crippen LogP contribution in [-0.4, -0.2) is 77.1 Å². The van der Waals surface area contributed by atoms with Crippen LogP contribution in [0.5, 0.6) is 0 Å². The van der Waals surface area contributed by atoms with E-state index in [9.17, 15) is 28.8 Å². The lowest BCUT2D eigenvalue weighted by atomic mass is 9.85. The van der Waals surface area contributed by atoms with E-state index < -0.39 is 58.7 Å². The number of nitrogens with zero attached hydrogens (tertiary/aromatic N) is 1. The molecule has 258 valence electrons. The number of allylic oxidation sites excluding steroid dienone is 1. The molecule has 0 bridgehead atoms. The van der Waals surface area contributed by atoms with Crippen LogP contribution < -0.4 is 16.0 Å². The Morgan fingerprint density at radius 1 is 1.02 bits per heavy atom. The van der Waals surface area contributed by atoms with Gasteiger partial charge in [-0.25, -0.2) is 4.79 Å². The van der Waals surface area contributed by atoms with Crippen molar-refractivity contribution in [2.75, 3.05) is 13.1 Å². The van der Waals surface area contributed by atoms with Crippen LogP contribution in [0.1, 0.15) is 80.2 Å². The largest absolute Gasteiger partial charge is 0.444 e. The Kier molecular flexibility index (Phi) is 11.8. The van der Waals surface area contributed by atoms with Gasteiger partial charge >= 0.3 is 6.09 Å². The molecular formula is C36H52N4O7. The monoisotopic (exact) mass is 652 g/mol. The Morgan fingerprint density at radius 3 is 2.23 bits per heavy atom. The third-order valence-corrected chi connectivity index (χ3v) is 9.03. The zero-order valence-electron chi connectivity index (χ0n) is 29.1. The molecular weight excluding hydrogens is 600 g/mol. The van der Waals surface area contributed by atoms with Crippen molar-refractivity contribution in [1.82, 2.24) is 20.9 Å². The van der Waals surface area contributed by atoms with Gasteiger partial charge in [0.25, 0.3) is 5.91 Å². The topological polar surface area (TPSA) is 151 Å². The lowest BCUT2D eigenvalue weighted by Gasteiger charge is -2.38. The number of likely N-dealkylation sites (tertiary alicyclic amines) is 1. The van der Waals surface area contributed by atoms with Crippen LogP contribution in [0.2, 0.25) is 0 Å². The molecule has 4 amide bonds. The molecule has 1 saturated heterocycles. The molecule has 1 aliphatic carbocycles. The first-order valence-corrected chi connectivity index (χ1v) is 16.4. The van der Waals surface area contributed by atoms with Crippen LogP contribution in [0.4, 0.5) is 4.79 Å². The predicted octanol–water partition coefficient (Wildman–Crippen LogP) is 3.75. The second-order valence-electron chi connectivity index (χ2n) is 15.3. The summed E-state index contributed by atoms with van der Waals surface area (Å²) >= 11 is 0. The van der Waals surface area contributed by atoms with Crippen molar-refractivity contribution < 1.29 is 33.5 Å². The summed E-state index contributed by atoms with van der Waals surface area (Å²) in [7, 11) is 0. The molecule has 3 rings (SSSR count). The van der Waals surface area contributed by atoms with Crippen LogP contribution in [0.25, 0.3) is 0 Å². The van der Waals surface area contributed by atoms with Crippen LogP contribution in [-0.2, 0) is 35.1 Å². The summed E-state index contributed by atoms with van der Waals surface area (Å²) in [5, 5.41) is 7.87. The number of alkyl carbamates (subject to hydrolysis) is 1. The average molecular weight is 653 g/mol. The van der Waals surface area contributed by atoms with Gasteiger partial charge in [-0.05, 0) is 68.3 Å². The second-order valence-corrected chi connectivity index (χ2v) is 15.3. The number of aryl methyl sites for hydroxylation is 1. The minimum atomic E-state index is -1.18. The van der Waals surface area contributed by atoms with E-state index in [4.69, 9.17) is 4.74 Å². The maximum absolute atomic E-state index is 14.1. The van der Waals surface area contributed by atoms with Crippen molar-refractivity contribution in [2.45, 2.75) is 105 Å². The summed E-state index contributed by atoms with van der Waals surface area (Å²) in [4.78, 5) is 80.8. The second kappa shape index (κ2) is 14.8. The lowest BCUT2D eigenvalue weighted by Crippen LogP contribution is -2.60. The van der Waals surface area contributed by atoms with E-state index in [1.165, 1.54) is 4.90 Å². The number of hydrogen-bond donors (Lipinski definition) is 3. The van der Waals surface area contributed by atoms with Gasteiger partial charge in [0.2, 0.25) is 17.6 Å². The Bertz CT molecular complexity index is 1360. The first-order valence-electron chi connectivity index (χ1n) is 16.4. The molecule has 0 radical (unpaired) electrons. The molecule has 5 unspecified atom stereocenters. The third kappa shape index (κ3) is 9.74. The van der Waals surface area contributed by atoms with E-state index in [0.717, 1.165) is 5.56 Å². The highest BCUT2D eigenvalue weighted by atomic mass is 16.6. The number of hydrogen-bond acceptors (Lipinski definition) is 7. The average Bonchev–Trinajstić information content (AvgIpc) is 3.29. The number of ketones is 2. The summed E-state index contributed by atoms with van der Waals surface area (Å²) in [5.74, 6) is -3.15. The fourth-order valence-electron chi connectivity index (χ4n) is 6.30. The van der Waals surface area contributed by atoms with Gasteiger partial charge in [0.1, 0.15) is 17.7 Å². The number of piperidine rings is 1. The first-order chi connectivity index (χ1) is 21.8. The summed E-state index contributed by atoms with van der Waals surface area (Å²) in [6.45, 7) is 18.4. The number of carbonyl (C=O) groups is 6. The quantitative estimate of drug-likeness (QED) is 0.205. The van der Waals surface area contributed by atoms with Gasteiger partial charge in [-0.2, -0.15) is 0 Å². The molecule has 5 atom stereocenters. The molecule has 0 spiro atoms. The molecule has 2 aliphatic rings. The van der Waals surface area contributed by atoms with Crippen LogP contribution in [0.15, 0.2) is 43.0 Å². The normalized spacial score (nSPS) is 21.0. The van der Waals surface area contributed by atoms with E-state index in [2.05, 4.69) is 22.5 Å². The molecule has 47 heavy (non-hydrogen) atoms. The first kappa shape index (κ1) is 37.4. The van der Waals surface area contributed by atoms with Gasteiger partial charge < -0.3 is 25.6 Å². The maximum Gasteiger partial charge on any atom is 0.408 e. The summed E-state index contributed by atoms with van der Waals surface area (Å²) < 4.78 is 5.42. The zero-order chi connectivity index (χ0) is 35.3. The van der Waals surface area contributed by atoms with Crippen molar-refractivity contribution in [3.05, 3.63) is 48.6 Å². The number of benzene rings is 1. The van der Waals surface area contributed by atoms with Crippen LogP contribution in [0, 0.1) is 22.7 Å². The molecule has 0 aromatic heterocycles. The zero-order valence-corrected chi connectivity index (χ0v) is 29.1. The Labute approximate surface area is 278 Å². The van der Waals surface area contributed by atoms with Crippen LogP contribution in [0.3, 0.4) is 0 Å². The van der Waals surface area contributed by atoms with Gasteiger partial charge in [0.15, 0.2) is 5.78 Å². The molecule has 3 N–H and O–H groups in total. The third-order valence-electron chi connectivity index (χ3n) is 9.03. The van der Waals surface area contributed by atoms with Crippen LogP contribution >= 0.6 is 0 Å². The summed E-state index contributed by atoms with van der Waals surface area (Å²) in [6.07, 6.45) is 2.02. The molecule has 2 fully saturated rings. The minimum absolute atomic E-state index is 0.0527. The van der Waals surface area contributed by atoms with Gasteiger partial charge in [-0.3, -0.25) is 24.0 Å². The number of Topliss-reactive ketones (excluding diaryl/α,β-unsaturated/α-hetero) is 2. The molecule has 1 aromatic rings. The standard InChI is InChI=1S/C36H52N4O7/c1-10-11-17-25(28(42)31(44)37-20-23(41)19-18-22-15-13-12-14-16-22)38-30(43)27-26-24(36(26,8)9)21-40(27)32(45)29(34(2,3)4)39-33(46)47-35(5,6)7/h10,12-16,24-27,29H,1,11,17-21H2,2-9H3,(H,37,44)(H,38,43)(H,39,46). The highest BCUT2D eigenvalue weighted by Crippen LogP contribution is 2.65. The summed E-state index contributed by atoms with van der Waals surface area (Å²) in [6, 6.07) is 6.39. The highest BCUT2D eigenvalue weighted by molar-refractivity contribution is 6.38. The smallest absolute Gasteiger partial charge is 0.408 e. The molecule has 1 saturated carbocycles. The van der Waals surface area contributed by atoms with Crippen molar-refractivity contribution in [2.24, 2.45) is 22.7 Å². The molecule has 11 nitrogen and oxygen atoms in total. The van der Waals surface area contributed by atoms with Crippen molar-refractivity contribution in [3.63, 3.8) is 0 Å². The fraction of sp³-hybridized carbons (Fsp3) is 0.611. The Hall–Kier alpha value is -4.02.